The number of hydrogen-bond acceptors (Lipinski definition) is 5. The Kier molecular flexibility index (Phi) is 4.64. The maximum Gasteiger partial charge on any atom is 0.177 e. The lowest BCUT2D eigenvalue weighted by molar-refractivity contribution is 0.593. The van der Waals surface area contributed by atoms with Gasteiger partial charge in [0.05, 0.1) is 21.5 Å². The van der Waals surface area contributed by atoms with Gasteiger partial charge in [0.25, 0.3) is 0 Å². The van der Waals surface area contributed by atoms with Crippen molar-refractivity contribution in [3.63, 3.8) is 0 Å². The van der Waals surface area contributed by atoms with Gasteiger partial charge in [-0.15, -0.1) is 0 Å². The predicted octanol–water partition coefficient (Wildman–Crippen LogP) is 2.98. The van der Waals surface area contributed by atoms with Crippen LogP contribution < -0.4 is 5.32 Å². The van der Waals surface area contributed by atoms with Gasteiger partial charge in [0, 0.05) is 12.5 Å². The van der Waals surface area contributed by atoms with Gasteiger partial charge in [-0.05, 0) is 48.6 Å². The highest BCUT2D eigenvalue weighted by Gasteiger charge is 2.23. The van der Waals surface area contributed by atoms with E-state index >= 15 is 0 Å². The second-order valence-corrected chi connectivity index (χ2v) is 10.5. The van der Waals surface area contributed by atoms with Crippen molar-refractivity contribution in [2.75, 3.05) is 17.8 Å². The van der Waals surface area contributed by atoms with Gasteiger partial charge >= 0.3 is 0 Å². The molecule has 2 aromatic carbocycles. The molecule has 0 amide bonds. The number of nitrogens with one attached hydrogen (secondary N) is 1. The smallest absolute Gasteiger partial charge is 0.177 e. The number of hydrogen-bond donors (Lipinski definition) is 1. The molecule has 25 heavy (non-hydrogen) atoms. The fourth-order valence-electron chi connectivity index (χ4n) is 3.25. The normalized spacial score (nSPS) is 17.8. The van der Waals surface area contributed by atoms with E-state index in [1.165, 1.54) is 23.3 Å². The average Bonchev–Trinajstić information content (AvgIpc) is 2.53. The van der Waals surface area contributed by atoms with Gasteiger partial charge in [0.1, 0.15) is 0 Å². The van der Waals surface area contributed by atoms with Crippen molar-refractivity contribution in [2.24, 2.45) is 0 Å². The Morgan fingerprint density at radius 3 is 2.36 bits per heavy atom. The van der Waals surface area contributed by atoms with Crippen molar-refractivity contribution < 1.29 is 16.8 Å². The molecule has 1 aliphatic rings. The molecule has 1 unspecified atom stereocenters. The molecule has 0 fully saturated rings. The molecule has 0 spiro atoms. The SMILES string of the molecule is CS(=O)(=O)c1ccc(NC2CCCc3ccccc32)c(S(C)(=O)=O)c1. The van der Waals surface area contributed by atoms with Crippen LogP contribution in [0.15, 0.2) is 52.3 Å². The second kappa shape index (κ2) is 6.46. The molecule has 0 aromatic heterocycles. The van der Waals surface area contributed by atoms with Crippen molar-refractivity contribution in [3.05, 3.63) is 53.6 Å². The van der Waals surface area contributed by atoms with Crippen LogP contribution in [-0.4, -0.2) is 29.3 Å². The Morgan fingerprint density at radius 1 is 0.960 bits per heavy atom. The van der Waals surface area contributed by atoms with Crippen molar-refractivity contribution in [3.8, 4) is 0 Å². The first-order valence-corrected chi connectivity index (χ1v) is 11.8. The van der Waals surface area contributed by atoms with Crippen LogP contribution in [0.4, 0.5) is 5.69 Å². The summed E-state index contributed by atoms with van der Waals surface area (Å²) in [6, 6.07) is 12.4. The first-order chi connectivity index (χ1) is 11.7. The maximum absolute atomic E-state index is 12.2. The monoisotopic (exact) mass is 379 g/mol. The molecule has 2 aromatic rings. The predicted molar refractivity (Wildman–Crippen MR) is 98.4 cm³/mol. The fourth-order valence-corrected chi connectivity index (χ4v) is 4.84. The minimum atomic E-state index is -3.57. The Labute approximate surface area is 148 Å². The number of benzene rings is 2. The van der Waals surface area contributed by atoms with E-state index in [0.29, 0.717) is 5.69 Å². The summed E-state index contributed by atoms with van der Waals surface area (Å²) in [6.45, 7) is 0. The van der Waals surface area contributed by atoms with Crippen molar-refractivity contribution in [2.45, 2.75) is 35.1 Å². The van der Waals surface area contributed by atoms with E-state index in [9.17, 15) is 16.8 Å². The Balaban J connectivity index is 2.04. The van der Waals surface area contributed by atoms with Crippen LogP contribution in [0.2, 0.25) is 0 Å². The van der Waals surface area contributed by atoms with E-state index in [1.807, 2.05) is 12.1 Å². The van der Waals surface area contributed by atoms with Gasteiger partial charge in [-0.25, -0.2) is 16.8 Å². The molecule has 1 atom stereocenters. The van der Waals surface area contributed by atoms with Gasteiger partial charge < -0.3 is 5.32 Å². The van der Waals surface area contributed by atoms with Gasteiger partial charge in [-0.1, -0.05) is 24.3 Å². The Hall–Kier alpha value is -1.86. The van der Waals surface area contributed by atoms with Gasteiger partial charge in [-0.2, -0.15) is 0 Å². The van der Waals surface area contributed by atoms with Crippen LogP contribution in [0.25, 0.3) is 0 Å². The molecule has 0 heterocycles. The molecule has 1 N–H and O–H groups in total. The molecule has 3 rings (SSSR count). The third kappa shape index (κ3) is 3.88. The highest BCUT2D eigenvalue weighted by Crippen LogP contribution is 2.35. The minimum Gasteiger partial charge on any atom is -0.377 e. The Morgan fingerprint density at radius 2 is 1.68 bits per heavy atom. The zero-order chi connectivity index (χ0) is 18.2. The number of sulfone groups is 2. The summed E-state index contributed by atoms with van der Waals surface area (Å²) in [5.74, 6) is 0. The third-order valence-corrected chi connectivity index (χ3v) is 6.73. The quantitative estimate of drug-likeness (QED) is 0.883. The minimum absolute atomic E-state index is 0.00233. The molecule has 5 nitrogen and oxygen atoms in total. The summed E-state index contributed by atoms with van der Waals surface area (Å²) in [7, 11) is -7.05. The van der Waals surface area contributed by atoms with Crippen LogP contribution in [0.3, 0.4) is 0 Å². The van der Waals surface area contributed by atoms with Crippen LogP contribution in [0.1, 0.15) is 30.0 Å². The summed E-state index contributed by atoms with van der Waals surface area (Å²) < 4.78 is 47.9. The van der Waals surface area contributed by atoms with E-state index in [4.69, 9.17) is 0 Å². The molecule has 0 radical (unpaired) electrons. The van der Waals surface area contributed by atoms with Gasteiger partial charge in [-0.3, -0.25) is 0 Å². The van der Waals surface area contributed by atoms with Crippen molar-refractivity contribution in [1.82, 2.24) is 0 Å². The van der Waals surface area contributed by atoms with Gasteiger partial charge in [0.2, 0.25) is 0 Å². The lowest BCUT2D eigenvalue weighted by Gasteiger charge is -2.28. The molecule has 134 valence electrons. The first-order valence-electron chi connectivity index (χ1n) is 8.05. The molecule has 0 saturated heterocycles. The first kappa shape index (κ1) is 17.9. The molecule has 0 bridgehead atoms. The lowest BCUT2D eigenvalue weighted by atomic mass is 9.87. The highest BCUT2D eigenvalue weighted by atomic mass is 32.2. The summed E-state index contributed by atoms with van der Waals surface area (Å²) in [6.07, 6.45) is 5.09. The molecule has 7 heteroatoms. The molecule has 1 aliphatic carbocycles. The van der Waals surface area contributed by atoms with E-state index in [-0.39, 0.29) is 15.8 Å². The molecule has 0 aliphatic heterocycles. The third-order valence-electron chi connectivity index (χ3n) is 4.48. The number of rotatable bonds is 4. The largest absolute Gasteiger partial charge is 0.377 e. The van der Waals surface area contributed by atoms with Crippen LogP contribution in [0.5, 0.6) is 0 Å². The maximum atomic E-state index is 12.2. The summed E-state index contributed by atoms with van der Waals surface area (Å²) >= 11 is 0. The zero-order valence-electron chi connectivity index (χ0n) is 14.2. The van der Waals surface area contributed by atoms with Crippen molar-refractivity contribution in [1.29, 1.82) is 0 Å². The molecular weight excluding hydrogens is 358 g/mol. The Bertz CT molecular complexity index is 1010. The summed E-state index contributed by atoms with van der Waals surface area (Å²) in [4.78, 5) is 0.0148. The lowest BCUT2D eigenvalue weighted by Crippen LogP contribution is -2.18. The topological polar surface area (TPSA) is 80.3 Å². The van der Waals surface area contributed by atoms with E-state index in [0.717, 1.165) is 31.8 Å². The number of anilines is 1. The van der Waals surface area contributed by atoms with E-state index in [2.05, 4.69) is 17.4 Å². The summed E-state index contributed by atoms with van der Waals surface area (Å²) in [5.41, 5.74) is 2.87. The number of fused-ring (bicyclic) bond motifs is 1. The van der Waals surface area contributed by atoms with E-state index < -0.39 is 19.7 Å². The van der Waals surface area contributed by atoms with Crippen molar-refractivity contribution >= 4 is 25.4 Å². The van der Waals surface area contributed by atoms with E-state index in [1.54, 1.807) is 6.07 Å². The molecule has 0 saturated carbocycles. The van der Waals surface area contributed by atoms with Crippen LogP contribution in [0, 0.1) is 0 Å². The van der Waals surface area contributed by atoms with Crippen LogP contribution >= 0.6 is 0 Å². The molecular formula is C18H21NO4S2. The van der Waals surface area contributed by atoms with Crippen LogP contribution in [-0.2, 0) is 26.1 Å². The highest BCUT2D eigenvalue weighted by molar-refractivity contribution is 7.91. The summed E-state index contributed by atoms with van der Waals surface area (Å²) in [5, 5.41) is 3.32. The van der Waals surface area contributed by atoms with Gasteiger partial charge in [0.15, 0.2) is 19.7 Å². The number of aryl methyl sites for hydroxylation is 1. The standard InChI is InChI=1S/C18H21NO4S2/c1-24(20,21)14-10-11-17(18(12-14)25(2,22)23)19-16-9-5-7-13-6-3-4-8-15(13)16/h3-4,6,8,10-12,16,19H,5,7,9H2,1-2H3. The average molecular weight is 380 g/mol. The second-order valence-electron chi connectivity index (χ2n) is 6.49. The fraction of sp³-hybridized carbons (Fsp3) is 0.333. The zero-order valence-corrected chi connectivity index (χ0v) is 15.8.